The van der Waals surface area contributed by atoms with Crippen LogP contribution in [0.3, 0.4) is 0 Å². The van der Waals surface area contributed by atoms with Crippen LogP contribution < -0.4 is 0 Å². The highest BCUT2D eigenvalue weighted by molar-refractivity contribution is 8.14. The van der Waals surface area contributed by atoms with Gasteiger partial charge in [-0.2, -0.15) is 0 Å². The van der Waals surface area contributed by atoms with Crippen molar-refractivity contribution in [2.24, 2.45) is 4.99 Å². The highest BCUT2D eigenvalue weighted by atomic mass is 32.2. The minimum absolute atomic E-state index is 0.0353. The van der Waals surface area contributed by atoms with Gasteiger partial charge < -0.3 is 9.47 Å². The molecular weight excluding hydrogens is 388 g/mol. The SMILES string of the molecule is Cc1cccc(C)c1-n1c(C)cc([C@H]2[C@H](c3ccccn3)N=C3S[C@@H](C)CN32)c1C. The molecule has 3 atom stereocenters. The summed E-state index contributed by atoms with van der Waals surface area (Å²) < 4.78 is 2.43. The molecule has 1 saturated heterocycles. The molecule has 2 aromatic heterocycles. The number of aromatic nitrogens is 2. The number of nitrogens with zero attached hydrogens (tertiary/aromatic N) is 4. The maximum absolute atomic E-state index is 5.15. The van der Waals surface area contributed by atoms with Gasteiger partial charge in [-0.25, -0.2) is 0 Å². The third-order valence-corrected chi connectivity index (χ3v) is 7.44. The number of benzene rings is 1. The van der Waals surface area contributed by atoms with Crippen molar-refractivity contribution >= 4 is 16.9 Å². The average Bonchev–Trinajstić information content (AvgIpc) is 3.33. The van der Waals surface area contributed by atoms with Gasteiger partial charge in [-0.1, -0.05) is 43.0 Å². The topological polar surface area (TPSA) is 33.4 Å². The van der Waals surface area contributed by atoms with Gasteiger partial charge in [0.2, 0.25) is 0 Å². The van der Waals surface area contributed by atoms with E-state index in [1.54, 1.807) is 0 Å². The minimum Gasteiger partial charge on any atom is -0.341 e. The Hall–Kier alpha value is -2.53. The van der Waals surface area contributed by atoms with Crippen molar-refractivity contribution in [2.45, 2.75) is 52.0 Å². The molecule has 0 spiro atoms. The molecule has 2 aliphatic heterocycles. The van der Waals surface area contributed by atoms with Crippen LogP contribution in [0.5, 0.6) is 0 Å². The van der Waals surface area contributed by atoms with Crippen LogP contribution in [-0.4, -0.2) is 31.4 Å². The summed E-state index contributed by atoms with van der Waals surface area (Å²) in [6, 6.07) is 15.3. The predicted molar refractivity (Wildman–Crippen MR) is 126 cm³/mol. The lowest BCUT2D eigenvalue weighted by atomic mass is 9.96. The van der Waals surface area contributed by atoms with Gasteiger partial charge in [0.1, 0.15) is 6.04 Å². The summed E-state index contributed by atoms with van der Waals surface area (Å²) in [5.74, 6) is 0. The second-order valence-electron chi connectivity index (χ2n) is 8.54. The Balaban J connectivity index is 1.66. The molecule has 1 aromatic carbocycles. The van der Waals surface area contributed by atoms with Gasteiger partial charge in [-0.05, 0) is 62.6 Å². The number of rotatable bonds is 3. The monoisotopic (exact) mass is 416 g/mol. The van der Waals surface area contributed by atoms with Crippen LogP contribution in [0.4, 0.5) is 0 Å². The van der Waals surface area contributed by atoms with Crippen LogP contribution in [0.2, 0.25) is 0 Å². The first-order valence-electron chi connectivity index (χ1n) is 10.6. The number of hydrogen-bond donors (Lipinski definition) is 0. The third kappa shape index (κ3) is 2.99. The van der Waals surface area contributed by atoms with Crippen molar-refractivity contribution in [3.8, 4) is 5.69 Å². The lowest BCUT2D eigenvalue weighted by Crippen LogP contribution is -2.29. The predicted octanol–water partition coefficient (Wildman–Crippen LogP) is 5.70. The molecule has 0 radical (unpaired) electrons. The van der Waals surface area contributed by atoms with Crippen LogP contribution in [0.15, 0.2) is 53.7 Å². The second kappa shape index (κ2) is 7.31. The average molecular weight is 417 g/mol. The molecular formula is C25H28N4S. The van der Waals surface area contributed by atoms with Crippen LogP contribution >= 0.6 is 11.8 Å². The van der Waals surface area contributed by atoms with E-state index in [0.717, 1.165) is 12.2 Å². The molecule has 3 aromatic rings. The van der Waals surface area contributed by atoms with Crippen molar-refractivity contribution < 1.29 is 0 Å². The first-order valence-corrected chi connectivity index (χ1v) is 11.5. The maximum Gasteiger partial charge on any atom is 0.160 e. The second-order valence-corrected chi connectivity index (χ2v) is 9.94. The lowest BCUT2D eigenvalue weighted by molar-refractivity contribution is 0.320. The summed E-state index contributed by atoms with van der Waals surface area (Å²) >= 11 is 1.89. The zero-order valence-corrected chi connectivity index (χ0v) is 19.1. The largest absolute Gasteiger partial charge is 0.341 e. The smallest absolute Gasteiger partial charge is 0.160 e. The summed E-state index contributed by atoms with van der Waals surface area (Å²) in [7, 11) is 0. The molecule has 30 heavy (non-hydrogen) atoms. The van der Waals surface area contributed by atoms with Gasteiger partial charge in [0.25, 0.3) is 0 Å². The molecule has 0 N–H and O–H groups in total. The third-order valence-electron chi connectivity index (χ3n) is 6.33. The quantitative estimate of drug-likeness (QED) is 0.549. The lowest BCUT2D eigenvalue weighted by Gasteiger charge is -2.27. The Morgan fingerprint density at radius 1 is 1.00 bits per heavy atom. The van der Waals surface area contributed by atoms with Gasteiger partial charge >= 0.3 is 0 Å². The molecule has 5 heteroatoms. The van der Waals surface area contributed by atoms with E-state index < -0.39 is 0 Å². The van der Waals surface area contributed by atoms with Gasteiger partial charge in [0.15, 0.2) is 5.17 Å². The number of hydrogen-bond acceptors (Lipinski definition) is 4. The van der Waals surface area contributed by atoms with Gasteiger partial charge in [0, 0.05) is 29.4 Å². The molecule has 1 fully saturated rings. The summed E-state index contributed by atoms with van der Waals surface area (Å²) in [6.45, 7) is 12.2. The van der Waals surface area contributed by atoms with E-state index in [0.29, 0.717) is 5.25 Å². The number of thioether (sulfide) groups is 1. The van der Waals surface area contributed by atoms with Gasteiger partial charge in [0.05, 0.1) is 17.4 Å². The molecule has 0 aliphatic carbocycles. The summed E-state index contributed by atoms with van der Waals surface area (Å²) in [5.41, 5.74) is 8.90. The van der Waals surface area contributed by atoms with E-state index in [4.69, 9.17) is 4.99 Å². The van der Waals surface area contributed by atoms with E-state index in [-0.39, 0.29) is 12.1 Å². The zero-order chi connectivity index (χ0) is 21.0. The Morgan fingerprint density at radius 3 is 2.47 bits per heavy atom. The van der Waals surface area contributed by atoms with Crippen molar-refractivity contribution in [1.82, 2.24) is 14.5 Å². The van der Waals surface area contributed by atoms with Crippen LogP contribution in [0, 0.1) is 27.7 Å². The number of pyridine rings is 1. The molecule has 0 amide bonds. The van der Waals surface area contributed by atoms with Crippen LogP contribution in [0.25, 0.3) is 5.69 Å². The summed E-state index contributed by atoms with van der Waals surface area (Å²) in [6.07, 6.45) is 1.88. The summed E-state index contributed by atoms with van der Waals surface area (Å²) in [5, 5.41) is 1.73. The van der Waals surface area contributed by atoms with Gasteiger partial charge in [-0.3, -0.25) is 9.98 Å². The maximum atomic E-state index is 5.15. The number of amidine groups is 1. The van der Waals surface area contributed by atoms with E-state index >= 15 is 0 Å². The molecule has 154 valence electrons. The van der Waals surface area contributed by atoms with Crippen molar-refractivity contribution in [2.75, 3.05) is 6.54 Å². The van der Waals surface area contributed by atoms with E-state index in [2.05, 4.69) is 85.5 Å². The first kappa shape index (κ1) is 19.4. The van der Waals surface area contributed by atoms with Crippen molar-refractivity contribution in [3.63, 3.8) is 0 Å². The summed E-state index contributed by atoms with van der Waals surface area (Å²) in [4.78, 5) is 12.3. The molecule has 4 nitrogen and oxygen atoms in total. The van der Waals surface area contributed by atoms with Crippen LogP contribution in [0.1, 0.15) is 52.8 Å². The van der Waals surface area contributed by atoms with E-state index in [9.17, 15) is 0 Å². The zero-order valence-electron chi connectivity index (χ0n) is 18.3. The number of fused-ring (bicyclic) bond motifs is 1. The molecule has 2 aliphatic rings. The number of aliphatic imine (C=N–C) groups is 1. The Kier molecular flexibility index (Phi) is 4.73. The van der Waals surface area contributed by atoms with Crippen LogP contribution in [-0.2, 0) is 0 Å². The molecule has 5 rings (SSSR count). The molecule has 4 heterocycles. The Morgan fingerprint density at radius 2 is 1.77 bits per heavy atom. The normalized spacial score (nSPS) is 23.0. The fraction of sp³-hybridized carbons (Fsp3) is 0.360. The first-order chi connectivity index (χ1) is 14.5. The molecule has 0 bridgehead atoms. The number of aryl methyl sites for hydroxylation is 3. The van der Waals surface area contributed by atoms with Crippen molar-refractivity contribution in [3.05, 3.63) is 82.4 Å². The fourth-order valence-corrected chi connectivity index (χ4v) is 6.14. The van der Waals surface area contributed by atoms with E-state index in [1.807, 2.05) is 24.0 Å². The van der Waals surface area contributed by atoms with Crippen molar-refractivity contribution in [1.29, 1.82) is 0 Å². The highest BCUT2D eigenvalue weighted by Gasteiger charge is 2.44. The standard InChI is InChI=1S/C25H28N4S/c1-15-9-8-10-16(2)23(15)29-17(3)13-20(19(29)5)24-22(21-11-6-7-12-26-21)27-25-28(24)14-18(4)30-25/h6-13,18,22,24H,14H2,1-5H3/t18-,22-,24-/m0/s1. The highest BCUT2D eigenvalue weighted by Crippen LogP contribution is 2.49. The molecule has 0 unspecified atom stereocenters. The van der Waals surface area contributed by atoms with E-state index in [1.165, 1.54) is 38.9 Å². The minimum atomic E-state index is 0.0353. The number of para-hydroxylation sites is 1. The van der Waals surface area contributed by atoms with Gasteiger partial charge in [-0.15, -0.1) is 0 Å². The Labute approximate surface area is 183 Å². The fourth-order valence-electron chi connectivity index (χ4n) is 5.04. The molecule has 0 saturated carbocycles. The Bertz CT molecular complexity index is 1110.